The van der Waals surface area contributed by atoms with Crippen LogP contribution in [0.15, 0.2) is 21.5 Å². The minimum absolute atomic E-state index is 0.243. The Morgan fingerprint density at radius 3 is 2.73 bits per heavy atom. The van der Waals surface area contributed by atoms with Crippen molar-refractivity contribution in [3.05, 3.63) is 28.0 Å². The van der Waals surface area contributed by atoms with E-state index in [1.165, 1.54) is 6.07 Å². The van der Waals surface area contributed by atoms with Crippen molar-refractivity contribution < 1.29 is 9.50 Å². The van der Waals surface area contributed by atoms with Crippen molar-refractivity contribution in [3.8, 4) is 0 Å². The molecule has 1 aromatic rings. The van der Waals surface area contributed by atoms with Gasteiger partial charge in [0.2, 0.25) is 0 Å². The van der Waals surface area contributed by atoms with Gasteiger partial charge in [0.25, 0.3) is 0 Å². The number of aliphatic hydroxyl groups excluding tert-OH is 1. The molecule has 1 aliphatic carbocycles. The van der Waals surface area contributed by atoms with Crippen molar-refractivity contribution in [2.24, 2.45) is 5.92 Å². The number of rotatable bonds is 3. The second-order valence-electron chi connectivity index (χ2n) is 3.76. The first kappa shape index (κ1) is 11.4. The molecule has 1 nitrogen and oxygen atoms in total. The monoisotopic (exact) mass is 290 g/mol. The molecule has 2 rings (SSSR count). The van der Waals surface area contributed by atoms with Crippen molar-refractivity contribution in [1.82, 2.24) is 0 Å². The lowest BCUT2D eigenvalue weighted by molar-refractivity contribution is 0.148. The van der Waals surface area contributed by atoms with Gasteiger partial charge in [0, 0.05) is 14.9 Å². The molecule has 1 N–H and O–H groups in total. The van der Waals surface area contributed by atoms with E-state index in [1.54, 1.807) is 17.8 Å². The first-order valence-electron chi connectivity index (χ1n) is 4.85. The molecule has 1 aromatic carbocycles. The molecule has 1 atom stereocenters. The van der Waals surface area contributed by atoms with Crippen LogP contribution >= 0.6 is 27.7 Å². The molecule has 0 heterocycles. The van der Waals surface area contributed by atoms with Crippen LogP contribution in [0.4, 0.5) is 4.39 Å². The summed E-state index contributed by atoms with van der Waals surface area (Å²) >= 11 is 4.91. The summed E-state index contributed by atoms with van der Waals surface area (Å²) in [5.74, 6) is -0.0769. The van der Waals surface area contributed by atoms with E-state index in [0.717, 1.165) is 17.7 Å². The highest BCUT2D eigenvalue weighted by Gasteiger charge is 2.34. The van der Waals surface area contributed by atoms with Gasteiger partial charge in [-0.3, -0.25) is 0 Å². The summed E-state index contributed by atoms with van der Waals surface area (Å²) in [4.78, 5) is 0.964. The molecule has 0 saturated heterocycles. The van der Waals surface area contributed by atoms with E-state index in [9.17, 15) is 9.50 Å². The quantitative estimate of drug-likeness (QED) is 0.856. The summed E-state index contributed by atoms with van der Waals surface area (Å²) in [6.45, 7) is 0. The molecule has 0 spiro atoms. The highest BCUT2D eigenvalue weighted by Crippen LogP contribution is 2.45. The second kappa shape index (κ2) is 4.44. The second-order valence-corrected chi connectivity index (χ2v) is 5.40. The van der Waals surface area contributed by atoms with Crippen LogP contribution in [0.3, 0.4) is 0 Å². The van der Waals surface area contributed by atoms with Crippen LogP contribution in [-0.2, 0) is 0 Å². The summed E-state index contributed by atoms with van der Waals surface area (Å²) in [6.07, 6.45) is 3.27. The molecule has 1 unspecified atom stereocenters. The Labute approximate surface area is 101 Å². The third kappa shape index (κ3) is 2.22. The maximum atomic E-state index is 13.6. The highest BCUT2D eigenvalue weighted by atomic mass is 79.9. The van der Waals surface area contributed by atoms with E-state index >= 15 is 0 Å². The first-order valence-corrected chi connectivity index (χ1v) is 6.87. The van der Waals surface area contributed by atoms with Crippen LogP contribution in [0, 0.1) is 11.7 Å². The Bertz CT molecular complexity index is 379. The predicted molar refractivity (Wildman–Crippen MR) is 63.6 cm³/mol. The van der Waals surface area contributed by atoms with Crippen molar-refractivity contribution in [2.45, 2.75) is 23.8 Å². The molecular weight excluding hydrogens is 279 g/mol. The summed E-state index contributed by atoms with van der Waals surface area (Å²) in [5, 5.41) is 9.96. The topological polar surface area (TPSA) is 20.2 Å². The average molecular weight is 291 g/mol. The van der Waals surface area contributed by atoms with Gasteiger partial charge in [-0.15, -0.1) is 11.8 Å². The fourth-order valence-corrected chi connectivity index (χ4v) is 3.16. The summed E-state index contributed by atoms with van der Waals surface area (Å²) < 4.78 is 14.3. The lowest BCUT2D eigenvalue weighted by Crippen LogP contribution is -2.04. The van der Waals surface area contributed by atoms with E-state index in [4.69, 9.17) is 0 Å². The average Bonchev–Trinajstić information content (AvgIpc) is 3.01. The maximum Gasteiger partial charge on any atom is 0.130 e. The molecule has 0 amide bonds. The van der Waals surface area contributed by atoms with Crippen LogP contribution in [0.25, 0.3) is 0 Å². The van der Waals surface area contributed by atoms with Crippen molar-refractivity contribution in [3.63, 3.8) is 0 Å². The molecule has 1 aliphatic rings. The van der Waals surface area contributed by atoms with Gasteiger partial charge in [0.15, 0.2) is 0 Å². The third-order valence-electron chi connectivity index (χ3n) is 2.68. The van der Waals surface area contributed by atoms with E-state index in [2.05, 4.69) is 15.9 Å². The lowest BCUT2D eigenvalue weighted by Gasteiger charge is -2.15. The highest BCUT2D eigenvalue weighted by molar-refractivity contribution is 9.10. The molecule has 82 valence electrons. The van der Waals surface area contributed by atoms with Crippen LogP contribution in [-0.4, -0.2) is 11.4 Å². The minimum atomic E-state index is -0.661. The SMILES string of the molecule is CSc1ccc(F)c(C(O)C2CC2)c1Br. The molecular formula is C11H12BrFOS. The fourth-order valence-electron chi connectivity index (χ4n) is 1.63. The minimum Gasteiger partial charge on any atom is -0.388 e. The lowest BCUT2D eigenvalue weighted by atomic mass is 10.1. The molecule has 15 heavy (non-hydrogen) atoms. The molecule has 0 bridgehead atoms. The smallest absolute Gasteiger partial charge is 0.130 e. The van der Waals surface area contributed by atoms with Gasteiger partial charge in [-0.2, -0.15) is 0 Å². The van der Waals surface area contributed by atoms with Crippen LogP contribution in [0.1, 0.15) is 24.5 Å². The van der Waals surface area contributed by atoms with Gasteiger partial charge in [-0.05, 0) is 53.1 Å². The van der Waals surface area contributed by atoms with Gasteiger partial charge in [0.05, 0.1) is 6.10 Å². The van der Waals surface area contributed by atoms with E-state index in [-0.39, 0.29) is 11.7 Å². The Kier molecular flexibility index (Phi) is 3.38. The normalized spacial score (nSPS) is 17.9. The number of thioether (sulfide) groups is 1. The Morgan fingerprint density at radius 2 is 2.20 bits per heavy atom. The number of benzene rings is 1. The Balaban J connectivity index is 2.42. The molecule has 4 heteroatoms. The van der Waals surface area contributed by atoms with Gasteiger partial charge in [-0.25, -0.2) is 4.39 Å². The first-order chi connectivity index (χ1) is 7.15. The largest absolute Gasteiger partial charge is 0.388 e. The van der Waals surface area contributed by atoms with Crippen molar-refractivity contribution in [2.75, 3.05) is 6.26 Å². The standard InChI is InChI=1S/C11H12BrFOS/c1-15-8-5-4-7(13)9(10(8)12)11(14)6-2-3-6/h4-6,11,14H,2-3H2,1H3. The summed E-state index contributed by atoms with van der Waals surface area (Å²) in [7, 11) is 0. The number of halogens is 2. The number of aliphatic hydroxyl groups is 1. The van der Waals surface area contributed by atoms with Crippen LogP contribution in [0.5, 0.6) is 0 Å². The molecule has 0 radical (unpaired) electrons. The van der Waals surface area contributed by atoms with Crippen LogP contribution < -0.4 is 0 Å². The Morgan fingerprint density at radius 1 is 1.53 bits per heavy atom. The van der Waals surface area contributed by atoms with Crippen molar-refractivity contribution >= 4 is 27.7 Å². The Hall–Kier alpha value is -0.0600. The van der Waals surface area contributed by atoms with Gasteiger partial charge in [0.1, 0.15) is 5.82 Å². The molecule has 1 saturated carbocycles. The maximum absolute atomic E-state index is 13.6. The third-order valence-corrected chi connectivity index (χ3v) is 4.57. The van der Waals surface area contributed by atoms with E-state index in [0.29, 0.717) is 10.0 Å². The van der Waals surface area contributed by atoms with E-state index < -0.39 is 6.10 Å². The van der Waals surface area contributed by atoms with Crippen LogP contribution in [0.2, 0.25) is 0 Å². The number of hydrogen-bond acceptors (Lipinski definition) is 2. The van der Waals surface area contributed by atoms with Gasteiger partial charge in [-0.1, -0.05) is 0 Å². The molecule has 0 aliphatic heterocycles. The zero-order valence-corrected chi connectivity index (χ0v) is 10.7. The molecule has 0 aromatic heterocycles. The van der Waals surface area contributed by atoms with Crippen molar-refractivity contribution in [1.29, 1.82) is 0 Å². The fraction of sp³-hybridized carbons (Fsp3) is 0.455. The zero-order chi connectivity index (χ0) is 11.0. The number of hydrogen-bond donors (Lipinski definition) is 1. The van der Waals surface area contributed by atoms with Gasteiger partial charge < -0.3 is 5.11 Å². The van der Waals surface area contributed by atoms with E-state index in [1.807, 2.05) is 6.26 Å². The predicted octanol–water partition coefficient (Wildman–Crippen LogP) is 3.75. The zero-order valence-electron chi connectivity index (χ0n) is 8.34. The summed E-state index contributed by atoms with van der Waals surface area (Å²) in [6, 6.07) is 3.16. The summed E-state index contributed by atoms with van der Waals surface area (Å²) in [5.41, 5.74) is 0.421. The van der Waals surface area contributed by atoms with Gasteiger partial charge >= 0.3 is 0 Å². The molecule has 1 fully saturated rings.